The molecule has 4 heteroatoms. The highest BCUT2D eigenvalue weighted by molar-refractivity contribution is 5.79. The number of guanidine groups is 1. The zero-order valence-electron chi connectivity index (χ0n) is 10.3. The van der Waals surface area contributed by atoms with Crippen molar-refractivity contribution in [3.05, 3.63) is 0 Å². The molecule has 2 atom stereocenters. The van der Waals surface area contributed by atoms with Crippen LogP contribution in [0.3, 0.4) is 0 Å². The highest BCUT2D eigenvalue weighted by Crippen LogP contribution is 2.35. The number of rotatable bonds is 1. The average molecular weight is 224 g/mol. The quantitative estimate of drug-likeness (QED) is 0.307. The lowest BCUT2D eigenvalue weighted by Gasteiger charge is -2.45. The van der Waals surface area contributed by atoms with Crippen molar-refractivity contribution in [2.75, 3.05) is 13.1 Å². The number of hydrogen-bond donors (Lipinski definition) is 2. The van der Waals surface area contributed by atoms with Gasteiger partial charge in [0.25, 0.3) is 0 Å². The van der Waals surface area contributed by atoms with E-state index in [1.54, 1.807) is 0 Å². The van der Waals surface area contributed by atoms with Gasteiger partial charge in [-0.1, -0.05) is 12.8 Å². The topological polar surface area (TPSA) is 53.6 Å². The molecular formula is C12H24N4. The molecule has 0 radical (unpaired) electrons. The molecule has 16 heavy (non-hydrogen) atoms. The average Bonchev–Trinajstić information content (AvgIpc) is 2.35. The van der Waals surface area contributed by atoms with E-state index in [-0.39, 0.29) is 0 Å². The van der Waals surface area contributed by atoms with Crippen molar-refractivity contribution < 1.29 is 0 Å². The van der Waals surface area contributed by atoms with Crippen LogP contribution in [0.25, 0.3) is 0 Å². The Hall–Kier alpha value is -0.770. The summed E-state index contributed by atoms with van der Waals surface area (Å²) in [6.07, 6.45) is 8.16. The van der Waals surface area contributed by atoms with Gasteiger partial charge in [-0.2, -0.15) is 0 Å². The summed E-state index contributed by atoms with van der Waals surface area (Å²) >= 11 is 0. The number of aliphatic imine (C=N–C) groups is 1. The molecule has 1 saturated heterocycles. The van der Waals surface area contributed by atoms with E-state index in [1.165, 1.54) is 38.5 Å². The summed E-state index contributed by atoms with van der Waals surface area (Å²) in [6.45, 7) is 3.97. The summed E-state index contributed by atoms with van der Waals surface area (Å²) in [5.74, 6) is 7.36. The third-order valence-electron chi connectivity index (χ3n) is 3.95. The fraction of sp³-hybridized carbons (Fsp3) is 0.917. The maximum atomic E-state index is 5.59. The van der Waals surface area contributed by atoms with Crippen LogP contribution >= 0.6 is 0 Å². The summed E-state index contributed by atoms with van der Waals surface area (Å²) < 4.78 is 0. The van der Waals surface area contributed by atoms with Crippen molar-refractivity contribution in [2.45, 2.75) is 51.5 Å². The summed E-state index contributed by atoms with van der Waals surface area (Å²) in [5.41, 5.74) is 2.78. The fourth-order valence-electron chi connectivity index (χ4n) is 3.26. The first kappa shape index (κ1) is 11.7. The number of hydrazine groups is 1. The van der Waals surface area contributed by atoms with E-state index >= 15 is 0 Å². The van der Waals surface area contributed by atoms with E-state index in [1.807, 2.05) is 0 Å². The molecule has 2 rings (SSSR count). The molecule has 0 amide bonds. The number of nitrogens with one attached hydrogen (secondary N) is 1. The molecule has 4 nitrogen and oxygen atoms in total. The van der Waals surface area contributed by atoms with Crippen molar-refractivity contribution in [3.63, 3.8) is 0 Å². The lowest BCUT2D eigenvalue weighted by molar-refractivity contribution is 0.116. The smallest absolute Gasteiger partial charge is 0.208 e. The minimum atomic E-state index is 0.684. The molecule has 0 aromatic carbocycles. The second-order valence-electron chi connectivity index (χ2n) is 4.89. The molecule has 0 bridgehead atoms. The number of nitrogens with zero attached hydrogens (tertiary/aromatic N) is 2. The third kappa shape index (κ3) is 2.32. The molecule has 1 aliphatic heterocycles. The van der Waals surface area contributed by atoms with Crippen molar-refractivity contribution in [2.24, 2.45) is 16.8 Å². The Balaban J connectivity index is 2.09. The summed E-state index contributed by atoms with van der Waals surface area (Å²) in [7, 11) is 0. The zero-order chi connectivity index (χ0) is 11.4. The number of fused-ring (bicyclic) bond motifs is 1. The van der Waals surface area contributed by atoms with Crippen LogP contribution in [0.2, 0.25) is 0 Å². The van der Waals surface area contributed by atoms with E-state index < -0.39 is 0 Å². The Morgan fingerprint density at radius 1 is 1.31 bits per heavy atom. The number of likely N-dealkylation sites (tertiary alicyclic amines) is 1. The fourth-order valence-corrected chi connectivity index (χ4v) is 3.26. The van der Waals surface area contributed by atoms with Gasteiger partial charge < -0.3 is 4.90 Å². The van der Waals surface area contributed by atoms with Crippen LogP contribution in [0.5, 0.6) is 0 Å². The SMILES string of the molecule is CCN=C(NN)N1CCC[C@H]2CCCC[C@H]21. The van der Waals surface area contributed by atoms with Gasteiger partial charge in [0.1, 0.15) is 0 Å². The predicted octanol–water partition coefficient (Wildman–Crippen LogP) is 1.48. The van der Waals surface area contributed by atoms with Gasteiger partial charge >= 0.3 is 0 Å². The van der Waals surface area contributed by atoms with E-state index in [0.717, 1.165) is 25.0 Å². The Morgan fingerprint density at radius 3 is 2.81 bits per heavy atom. The molecule has 3 N–H and O–H groups in total. The molecule has 1 saturated carbocycles. The van der Waals surface area contributed by atoms with E-state index in [4.69, 9.17) is 5.84 Å². The highest BCUT2D eigenvalue weighted by atomic mass is 15.4. The Kier molecular flexibility index (Phi) is 4.04. The summed E-state index contributed by atoms with van der Waals surface area (Å²) in [6, 6.07) is 0.684. The molecule has 1 heterocycles. The maximum absolute atomic E-state index is 5.59. The van der Waals surface area contributed by atoms with Crippen LogP contribution in [-0.4, -0.2) is 30.0 Å². The molecule has 0 spiro atoms. The minimum Gasteiger partial charge on any atom is -0.339 e. The second-order valence-corrected chi connectivity index (χ2v) is 4.89. The molecule has 1 aliphatic carbocycles. The molecule has 2 fully saturated rings. The van der Waals surface area contributed by atoms with Gasteiger partial charge in [-0.3, -0.25) is 10.4 Å². The monoisotopic (exact) mass is 224 g/mol. The van der Waals surface area contributed by atoms with Gasteiger partial charge in [-0.25, -0.2) is 5.84 Å². The van der Waals surface area contributed by atoms with Crippen LogP contribution < -0.4 is 11.3 Å². The zero-order valence-corrected chi connectivity index (χ0v) is 10.3. The maximum Gasteiger partial charge on any atom is 0.208 e. The van der Waals surface area contributed by atoms with Crippen molar-refractivity contribution in [3.8, 4) is 0 Å². The van der Waals surface area contributed by atoms with Crippen molar-refractivity contribution >= 4 is 5.96 Å². The highest BCUT2D eigenvalue weighted by Gasteiger charge is 2.34. The van der Waals surface area contributed by atoms with Gasteiger partial charge in [0.15, 0.2) is 0 Å². The minimum absolute atomic E-state index is 0.684. The largest absolute Gasteiger partial charge is 0.339 e. The first-order chi connectivity index (χ1) is 7.86. The molecule has 92 valence electrons. The molecular weight excluding hydrogens is 200 g/mol. The Labute approximate surface area is 98.3 Å². The number of nitrogens with two attached hydrogens (primary N) is 1. The van der Waals surface area contributed by atoms with Gasteiger partial charge in [0.2, 0.25) is 5.96 Å². The number of hydrogen-bond acceptors (Lipinski definition) is 2. The van der Waals surface area contributed by atoms with Crippen LogP contribution in [0.15, 0.2) is 4.99 Å². The van der Waals surface area contributed by atoms with Crippen molar-refractivity contribution in [1.29, 1.82) is 0 Å². The molecule has 0 aromatic rings. The van der Waals surface area contributed by atoms with Crippen LogP contribution in [-0.2, 0) is 0 Å². The van der Waals surface area contributed by atoms with Crippen LogP contribution in [0.4, 0.5) is 0 Å². The lowest BCUT2D eigenvalue weighted by Crippen LogP contribution is -2.55. The van der Waals surface area contributed by atoms with E-state index in [9.17, 15) is 0 Å². The third-order valence-corrected chi connectivity index (χ3v) is 3.95. The summed E-state index contributed by atoms with van der Waals surface area (Å²) in [5, 5.41) is 0. The number of piperidine rings is 1. The second kappa shape index (κ2) is 5.53. The van der Waals surface area contributed by atoms with Gasteiger partial charge in [0, 0.05) is 19.1 Å². The lowest BCUT2D eigenvalue weighted by atomic mass is 9.78. The Morgan fingerprint density at radius 2 is 2.06 bits per heavy atom. The summed E-state index contributed by atoms with van der Waals surface area (Å²) in [4.78, 5) is 6.88. The van der Waals surface area contributed by atoms with Gasteiger partial charge in [0.05, 0.1) is 0 Å². The standard InChI is InChI=1S/C12H24N4/c1-2-14-12(15-13)16-9-5-7-10-6-3-4-8-11(10)16/h10-11H,2-9,13H2,1H3,(H,14,15)/t10-,11-/m1/s1. The normalized spacial score (nSPS) is 31.1. The van der Waals surface area contributed by atoms with Gasteiger partial charge in [-0.15, -0.1) is 0 Å². The Bertz CT molecular complexity index is 249. The molecule has 0 unspecified atom stereocenters. The predicted molar refractivity (Wildman–Crippen MR) is 67.0 cm³/mol. The van der Waals surface area contributed by atoms with Crippen LogP contribution in [0.1, 0.15) is 45.4 Å². The van der Waals surface area contributed by atoms with Crippen LogP contribution in [0, 0.1) is 5.92 Å². The molecule has 0 aromatic heterocycles. The van der Waals surface area contributed by atoms with Gasteiger partial charge in [-0.05, 0) is 38.5 Å². The van der Waals surface area contributed by atoms with Crippen molar-refractivity contribution in [1.82, 2.24) is 10.3 Å². The molecule has 2 aliphatic rings. The first-order valence-electron chi connectivity index (χ1n) is 6.64. The van der Waals surface area contributed by atoms with E-state index in [0.29, 0.717) is 6.04 Å². The van der Waals surface area contributed by atoms with E-state index in [2.05, 4.69) is 22.2 Å². The first-order valence-corrected chi connectivity index (χ1v) is 6.64.